The highest BCUT2D eigenvalue weighted by atomic mass is 19.4. The second kappa shape index (κ2) is 6.23. The van der Waals surface area contributed by atoms with Gasteiger partial charge in [-0.1, -0.05) is 44.2 Å². The van der Waals surface area contributed by atoms with Crippen molar-refractivity contribution in [3.05, 3.63) is 35.9 Å². The molecule has 4 heteroatoms. The molecule has 0 amide bonds. The van der Waals surface area contributed by atoms with E-state index in [1.165, 1.54) is 12.1 Å². The summed E-state index contributed by atoms with van der Waals surface area (Å²) in [7, 11) is 0. The number of benzene rings is 1. The molecule has 18 heavy (non-hydrogen) atoms. The fourth-order valence-corrected chi connectivity index (χ4v) is 2.08. The lowest BCUT2D eigenvalue weighted by Crippen LogP contribution is -2.39. The van der Waals surface area contributed by atoms with Crippen molar-refractivity contribution >= 4 is 0 Å². The van der Waals surface area contributed by atoms with Crippen molar-refractivity contribution in [1.82, 2.24) is 5.32 Å². The molecular formula is C14H20F3N. The molecule has 0 spiro atoms. The standard InChI is InChI=1S/C14H20F3N/c1-10(2)9-11(3)18-13(14(15,16)17)12-7-5-4-6-8-12/h4-8,10-11,13,18H,9H2,1-3H3. The molecule has 0 bridgehead atoms. The minimum absolute atomic E-state index is 0.170. The van der Waals surface area contributed by atoms with Crippen molar-refractivity contribution in [2.24, 2.45) is 5.92 Å². The van der Waals surface area contributed by atoms with Crippen LogP contribution in [0.3, 0.4) is 0 Å². The molecule has 0 radical (unpaired) electrons. The van der Waals surface area contributed by atoms with Crippen LogP contribution in [0.15, 0.2) is 30.3 Å². The van der Waals surface area contributed by atoms with E-state index in [2.05, 4.69) is 5.32 Å². The van der Waals surface area contributed by atoms with Crippen LogP contribution in [0.5, 0.6) is 0 Å². The Bertz CT molecular complexity index is 346. The molecule has 0 aromatic heterocycles. The number of halogens is 3. The third-order valence-corrected chi connectivity index (χ3v) is 2.74. The van der Waals surface area contributed by atoms with Gasteiger partial charge in [0.15, 0.2) is 0 Å². The summed E-state index contributed by atoms with van der Waals surface area (Å²) in [4.78, 5) is 0. The molecule has 0 saturated heterocycles. The molecule has 0 saturated carbocycles. The molecule has 1 nitrogen and oxygen atoms in total. The highest BCUT2D eigenvalue weighted by Crippen LogP contribution is 2.33. The third kappa shape index (κ3) is 4.69. The van der Waals surface area contributed by atoms with E-state index in [4.69, 9.17) is 0 Å². The van der Waals surface area contributed by atoms with Gasteiger partial charge in [-0.2, -0.15) is 13.2 Å². The van der Waals surface area contributed by atoms with Gasteiger partial charge in [0.2, 0.25) is 0 Å². The second-order valence-corrected chi connectivity index (χ2v) is 5.08. The first-order valence-electron chi connectivity index (χ1n) is 6.18. The van der Waals surface area contributed by atoms with E-state index in [1.54, 1.807) is 25.1 Å². The van der Waals surface area contributed by atoms with Gasteiger partial charge in [0.1, 0.15) is 6.04 Å². The smallest absolute Gasteiger partial charge is 0.300 e. The summed E-state index contributed by atoms with van der Waals surface area (Å²) in [5.41, 5.74) is 0.264. The van der Waals surface area contributed by atoms with E-state index in [0.717, 1.165) is 6.42 Å². The van der Waals surface area contributed by atoms with Gasteiger partial charge in [0, 0.05) is 6.04 Å². The van der Waals surface area contributed by atoms with Crippen molar-refractivity contribution in [3.63, 3.8) is 0 Å². The fraction of sp³-hybridized carbons (Fsp3) is 0.571. The average Bonchev–Trinajstić information content (AvgIpc) is 2.24. The monoisotopic (exact) mass is 259 g/mol. The summed E-state index contributed by atoms with van der Waals surface area (Å²) in [6, 6.07) is 6.23. The second-order valence-electron chi connectivity index (χ2n) is 5.08. The Kier molecular flexibility index (Phi) is 5.20. The fourth-order valence-electron chi connectivity index (χ4n) is 2.08. The molecule has 1 aromatic carbocycles. The first kappa shape index (κ1) is 15.0. The van der Waals surface area contributed by atoms with Crippen molar-refractivity contribution in [2.45, 2.75) is 45.5 Å². The van der Waals surface area contributed by atoms with Gasteiger partial charge in [0.05, 0.1) is 0 Å². The van der Waals surface area contributed by atoms with Gasteiger partial charge in [-0.15, -0.1) is 0 Å². The lowest BCUT2D eigenvalue weighted by atomic mass is 10.0. The van der Waals surface area contributed by atoms with Crippen molar-refractivity contribution < 1.29 is 13.2 Å². The summed E-state index contributed by atoms with van der Waals surface area (Å²) in [6.07, 6.45) is -3.55. The summed E-state index contributed by atoms with van der Waals surface area (Å²) in [6.45, 7) is 5.80. The van der Waals surface area contributed by atoms with Crippen LogP contribution in [0.4, 0.5) is 13.2 Å². The van der Waals surface area contributed by atoms with Crippen LogP contribution in [0.25, 0.3) is 0 Å². The number of hydrogen-bond donors (Lipinski definition) is 1. The summed E-state index contributed by atoms with van der Waals surface area (Å²) in [5.74, 6) is 0.372. The molecule has 0 aliphatic carbocycles. The molecule has 2 atom stereocenters. The van der Waals surface area contributed by atoms with E-state index in [0.29, 0.717) is 5.92 Å². The quantitative estimate of drug-likeness (QED) is 0.830. The van der Waals surface area contributed by atoms with Crippen molar-refractivity contribution in [3.8, 4) is 0 Å². The zero-order chi connectivity index (χ0) is 13.8. The summed E-state index contributed by atoms with van der Waals surface area (Å²) < 4.78 is 39.1. The lowest BCUT2D eigenvalue weighted by molar-refractivity contribution is -0.159. The molecule has 0 aliphatic rings. The van der Waals surface area contributed by atoms with Gasteiger partial charge in [-0.25, -0.2) is 0 Å². The summed E-state index contributed by atoms with van der Waals surface area (Å²) >= 11 is 0. The van der Waals surface area contributed by atoms with Gasteiger partial charge in [-0.05, 0) is 24.8 Å². The van der Waals surface area contributed by atoms with E-state index < -0.39 is 12.2 Å². The largest absolute Gasteiger partial charge is 0.407 e. The Hall–Kier alpha value is -1.03. The number of hydrogen-bond acceptors (Lipinski definition) is 1. The van der Waals surface area contributed by atoms with Crippen LogP contribution in [0, 0.1) is 5.92 Å². The zero-order valence-corrected chi connectivity index (χ0v) is 11.0. The van der Waals surface area contributed by atoms with Crippen LogP contribution in [-0.4, -0.2) is 12.2 Å². The number of alkyl halides is 3. The van der Waals surface area contributed by atoms with Gasteiger partial charge in [-0.3, -0.25) is 5.32 Å². The zero-order valence-electron chi connectivity index (χ0n) is 11.0. The van der Waals surface area contributed by atoms with Gasteiger partial charge < -0.3 is 0 Å². The van der Waals surface area contributed by atoms with Gasteiger partial charge >= 0.3 is 6.18 Å². The number of nitrogens with one attached hydrogen (secondary N) is 1. The highest BCUT2D eigenvalue weighted by molar-refractivity contribution is 5.20. The van der Waals surface area contributed by atoms with Crippen molar-refractivity contribution in [1.29, 1.82) is 0 Å². The topological polar surface area (TPSA) is 12.0 Å². The first-order valence-corrected chi connectivity index (χ1v) is 6.18. The third-order valence-electron chi connectivity index (χ3n) is 2.74. The Balaban J connectivity index is 2.81. The average molecular weight is 259 g/mol. The maximum absolute atomic E-state index is 13.0. The lowest BCUT2D eigenvalue weighted by Gasteiger charge is -2.26. The SMILES string of the molecule is CC(C)CC(C)NC(c1ccccc1)C(F)(F)F. The van der Waals surface area contributed by atoms with E-state index >= 15 is 0 Å². The molecule has 1 rings (SSSR count). The Morgan fingerprint density at radius 2 is 1.61 bits per heavy atom. The van der Waals surface area contributed by atoms with E-state index in [-0.39, 0.29) is 11.6 Å². The van der Waals surface area contributed by atoms with Crippen LogP contribution in [-0.2, 0) is 0 Å². The summed E-state index contributed by atoms with van der Waals surface area (Å²) in [5, 5.41) is 2.68. The van der Waals surface area contributed by atoms with Crippen LogP contribution in [0.1, 0.15) is 38.8 Å². The predicted molar refractivity (Wildman–Crippen MR) is 67.3 cm³/mol. The van der Waals surface area contributed by atoms with Crippen molar-refractivity contribution in [2.75, 3.05) is 0 Å². The Morgan fingerprint density at radius 1 is 1.06 bits per heavy atom. The van der Waals surface area contributed by atoms with Crippen LogP contribution < -0.4 is 5.32 Å². The first-order chi connectivity index (χ1) is 8.30. The molecule has 102 valence electrons. The highest BCUT2D eigenvalue weighted by Gasteiger charge is 2.41. The van der Waals surface area contributed by atoms with E-state index in [9.17, 15) is 13.2 Å². The number of rotatable bonds is 5. The minimum Gasteiger partial charge on any atom is -0.300 e. The van der Waals surface area contributed by atoms with E-state index in [1.807, 2.05) is 13.8 Å². The maximum Gasteiger partial charge on any atom is 0.407 e. The molecule has 2 unspecified atom stereocenters. The molecule has 0 aliphatic heterocycles. The Labute approximate surface area is 106 Å². The maximum atomic E-state index is 13.0. The normalized spacial score (nSPS) is 15.7. The van der Waals surface area contributed by atoms with Crippen LogP contribution in [0.2, 0.25) is 0 Å². The van der Waals surface area contributed by atoms with Gasteiger partial charge in [0.25, 0.3) is 0 Å². The molecule has 1 aromatic rings. The predicted octanol–water partition coefficient (Wildman–Crippen LogP) is 4.31. The molecule has 1 N–H and O–H groups in total. The molecular weight excluding hydrogens is 239 g/mol. The molecule has 0 fully saturated rings. The minimum atomic E-state index is -4.27. The van der Waals surface area contributed by atoms with Crippen LogP contribution >= 0.6 is 0 Å². The Morgan fingerprint density at radius 3 is 2.06 bits per heavy atom. The molecule has 0 heterocycles.